The zero-order chi connectivity index (χ0) is 13.8. The fraction of sp³-hybridized carbons (Fsp3) is 0. The van der Waals surface area contributed by atoms with Crippen molar-refractivity contribution in [3.63, 3.8) is 0 Å². The molecule has 0 unspecified atom stereocenters. The molecule has 0 spiro atoms. The van der Waals surface area contributed by atoms with Crippen LogP contribution in [0, 0.1) is 0 Å². The second-order valence-corrected chi connectivity index (χ2v) is 3.62. The molecule has 7 heteroatoms. The Bertz CT molecular complexity index is 628. The normalized spacial score (nSPS) is 9.89. The van der Waals surface area contributed by atoms with E-state index >= 15 is 0 Å². The third-order valence-corrected chi connectivity index (χ3v) is 2.31. The van der Waals surface area contributed by atoms with Crippen molar-refractivity contribution in [1.82, 2.24) is 9.97 Å². The number of anilines is 1. The van der Waals surface area contributed by atoms with E-state index in [-0.39, 0.29) is 22.6 Å². The highest BCUT2D eigenvalue weighted by Crippen LogP contribution is 2.24. The summed E-state index contributed by atoms with van der Waals surface area (Å²) in [6, 6.07) is 3.60. The van der Waals surface area contributed by atoms with Crippen LogP contribution in [0.1, 0.15) is 20.7 Å². The number of carboxylic acid groups (broad SMARTS) is 1. The van der Waals surface area contributed by atoms with Gasteiger partial charge in [0.25, 0.3) is 5.91 Å². The molecule has 1 aromatic heterocycles. The summed E-state index contributed by atoms with van der Waals surface area (Å²) >= 11 is 0. The predicted octanol–water partition coefficient (Wildman–Crippen LogP) is 1.13. The summed E-state index contributed by atoms with van der Waals surface area (Å²) in [5, 5.41) is 20.8. The molecule has 96 valence electrons. The number of phenols is 1. The summed E-state index contributed by atoms with van der Waals surface area (Å²) < 4.78 is 0. The molecule has 1 heterocycles. The number of benzene rings is 1. The molecule has 0 aliphatic rings. The van der Waals surface area contributed by atoms with Crippen molar-refractivity contribution in [1.29, 1.82) is 0 Å². The maximum absolute atomic E-state index is 11.8. The number of hydrogen-bond acceptors (Lipinski definition) is 5. The first-order chi connectivity index (χ1) is 9.08. The lowest BCUT2D eigenvalue weighted by Crippen LogP contribution is -2.13. The molecule has 0 saturated carbocycles. The molecular formula is C12H9N3O4. The van der Waals surface area contributed by atoms with Crippen LogP contribution in [0.2, 0.25) is 0 Å². The van der Waals surface area contributed by atoms with Crippen molar-refractivity contribution < 1.29 is 19.8 Å². The largest absolute Gasteiger partial charge is 0.506 e. The molecule has 1 aromatic carbocycles. The van der Waals surface area contributed by atoms with E-state index in [4.69, 9.17) is 5.11 Å². The minimum atomic E-state index is -1.15. The van der Waals surface area contributed by atoms with Gasteiger partial charge in [0.05, 0.1) is 16.8 Å². The molecule has 0 bridgehead atoms. The van der Waals surface area contributed by atoms with Crippen LogP contribution < -0.4 is 5.32 Å². The van der Waals surface area contributed by atoms with Crippen LogP contribution in [-0.2, 0) is 0 Å². The molecule has 0 aliphatic carbocycles. The predicted molar refractivity (Wildman–Crippen MR) is 65.1 cm³/mol. The fourth-order valence-electron chi connectivity index (χ4n) is 1.38. The molecule has 0 saturated heterocycles. The van der Waals surface area contributed by atoms with E-state index in [9.17, 15) is 14.7 Å². The third-order valence-electron chi connectivity index (χ3n) is 2.31. The average molecular weight is 259 g/mol. The van der Waals surface area contributed by atoms with E-state index in [0.717, 1.165) is 0 Å². The maximum Gasteiger partial charge on any atom is 0.335 e. The van der Waals surface area contributed by atoms with Gasteiger partial charge in [-0.15, -0.1) is 0 Å². The van der Waals surface area contributed by atoms with Gasteiger partial charge in [0.2, 0.25) is 0 Å². The first-order valence-electron chi connectivity index (χ1n) is 5.20. The Balaban J connectivity index is 2.26. The molecule has 2 aromatic rings. The highest BCUT2D eigenvalue weighted by molar-refractivity contribution is 6.05. The van der Waals surface area contributed by atoms with E-state index in [1.807, 2.05) is 0 Å². The lowest BCUT2D eigenvalue weighted by Gasteiger charge is -2.07. The molecule has 0 radical (unpaired) electrons. The number of phenolic OH excluding ortho intramolecular Hbond substituents is 1. The summed E-state index contributed by atoms with van der Waals surface area (Å²) in [7, 11) is 0. The van der Waals surface area contributed by atoms with Crippen LogP contribution in [0.3, 0.4) is 0 Å². The van der Waals surface area contributed by atoms with Gasteiger partial charge in [-0.05, 0) is 18.2 Å². The van der Waals surface area contributed by atoms with Gasteiger partial charge in [0, 0.05) is 12.4 Å². The SMILES string of the molecule is O=C(O)c1ccc(O)c(NC(=O)c2cncnc2)c1. The number of nitrogens with zero attached hydrogens (tertiary/aromatic N) is 2. The van der Waals surface area contributed by atoms with Gasteiger partial charge in [-0.3, -0.25) is 4.79 Å². The second kappa shape index (κ2) is 5.13. The van der Waals surface area contributed by atoms with Crippen LogP contribution in [0.25, 0.3) is 0 Å². The summed E-state index contributed by atoms with van der Waals surface area (Å²) in [5.41, 5.74) is 0.161. The monoisotopic (exact) mass is 259 g/mol. The molecule has 0 aliphatic heterocycles. The number of aromatic hydroxyl groups is 1. The number of rotatable bonds is 3. The third kappa shape index (κ3) is 2.83. The van der Waals surface area contributed by atoms with Crippen LogP contribution in [0.15, 0.2) is 36.9 Å². The molecule has 19 heavy (non-hydrogen) atoms. The highest BCUT2D eigenvalue weighted by atomic mass is 16.4. The van der Waals surface area contributed by atoms with Gasteiger partial charge in [-0.2, -0.15) is 0 Å². The van der Waals surface area contributed by atoms with Crippen LogP contribution in [-0.4, -0.2) is 32.1 Å². The second-order valence-electron chi connectivity index (χ2n) is 3.62. The Hall–Kier alpha value is -2.96. The van der Waals surface area contributed by atoms with Crippen molar-refractivity contribution in [2.45, 2.75) is 0 Å². The quantitative estimate of drug-likeness (QED) is 0.712. The van der Waals surface area contributed by atoms with Crippen LogP contribution in [0.5, 0.6) is 5.75 Å². The van der Waals surface area contributed by atoms with Crippen molar-refractivity contribution in [2.24, 2.45) is 0 Å². The Morgan fingerprint density at radius 3 is 2.42 bits per heavy atom. The van der Waals surface area contributed by atoms with Crippen molar-refractivity contribution in [2.75, 3.05) is 5.32 Å². The van der Waals surface area contributed by atoms with Gasteiger partial charge < -0.3 is 15.5 Å². The summed E-state index contributed by atoms with van der Waals surface area (Å²) in [6.07, 6.45) is 3.89. The molecule has 0 fully saturated rings. The fourth-order valence-corrected chi connectivity index (χ4v) is 1.38. The Morgan fingerprint density at radius 2 is 1.79 bits per heavy atom. The van der Waals surface area contributed by atoms with E-state index in [1.165, 1.54) is 36.9 Å². The Kier molecular flexibility index (Phi) is 3.37. The average Bonchev–Trinajstić information content (AvgIpc) is 2.42. The lowest BCUT2D eigenvalue weighted by atomic mass is 10.2. The number of amides is 1. The zero-order valence-corrected chi connectivity index (χ0v) is 9.57. The number of hydrogen-bond donors (Lipinski definition) is 3. The standard InChI is InChI=1S/C12H9N3O4/c16-10-2-1-7(12(18)19)3-9(10)15-11(17)8-4-13-6-14-5-8/h1-6,16H,(H,15,17)(H,18,19). The van der Waals surface area contributed by atoms with Gasteiger partial charge in [0.15, 0.2) is 0 Å². The molecule has 3 N–H and O–H groups in total. The number of aromatic carboxylic acids is 1. The molecule has 7 nitrogen and oxygen atoms in total. The number of carbonyl (C=O) groups is 2. The van der Waals surface area contributed by atoms with Gasteiger partial charge in [-0.25, -0.2) is 14.8 Å². The van der Waals surface area contributed by atoms with Gasteiger partial charge >= 0.3 is 5.97 Å². The first-order valence-corrected chi connectivity index (χ1v) is 5.20. The van der Waals surface area contributed by atoms with Crippen LogP contribution >= 0.6 is 0 Å². The van der Waals surface area contributed by atoms with Crippen molar-refractivity contribution in [3.05, 3.63) is 48.0 Å². The topological polar surface area (TPSA) is 112 Å². The first kappa shape index (κ1) is 12.5. The van der Waals surface area contributed by atoms with E-state index < -0.39 is 11.9 Å². The summed E-state index contributed by atoms with van der Waals surface area (Å²) in [5.74, 6) is -1.92. The van der Waals surface area contributed by atoms with E-state index in [2.05, 4.69) is 15.3 Å². The Labute approximate surface area is 107 Å². The van der Waals surface area contributed by atoms with Gasteiger partial charge in [0.1, 0.15) is 12.1 Å². The van der Waals surface area contributed by atoms with Crippen molar-refractivity contribution in [3.8, 4) is 5.75 Å². The minimum Gasteiger partial charge on any atom is -0.506 e. The summed E-state index contributed by atoms with van der Waals surface area (Å²) in [4.78, 5) is 30.0. The zero-order valence-electron chi connectivity index (χ0n) is 9.57. The van der Waals surface area contributed by atoms with Crippen molar-refractivity contribution >= 4 is 17.6 Å². The molecular weight excluding hydrogens is 250 g/mol. The smallest absolute Gasteiger partial charge is 0.335 e. The van der Waals surface area contributed by atoms with E-state index in [1.54, 1.807) is 0 Å². The summed E-state index contributed by atoms with van der Waals surface area (Å²) in [6.45, 7) is 0. The number of nitrogens with one attached hydrogen (secondary N) is 1. The lowest BCUT2D eigenvalue weighted by molar-refractivity contribution is 0.0696. The van der Waals surface area contributed by atoms with Gasteiger partial charge in [-0.1, -0.05) is 0 Å². The molecule has 1 amide bonds. The Morgan fingerprint density at radius 1 is 1.11 bits per heavy atom. The number of carboxylic acids is 1. The molecule has 2 rings (SSSR count). The molecule has 0 atom stereocenters. The van der Waals surface area contributed by atoms with E-state index in [0.29, 0.717) is 0 Å². The maximum atomic E-state index is 11.8. The highest BCUT2D eigenvalue weighted by Gasteiger charge is 2.12. The minimum absolute atomic E-state index is 0.00810. The van der Waals surface area contributed by atoms with Crippen LogP contribution in [0.4, 0.5) is 5.69 Å². The number of aromatic nitrogens is 2. The number of carbonyl (C=O) groups excluding carboxylic acids is 1.